The average Bonchev–Trinajstić information content (AvgIpc) is 2.83. The predicted octanol–water partition coefficient (Wildman–Crippen LogP) is 3.35. The van der Waals surface area contributed by atoms with Crippen LogP contribution in [0.15, 0.2) is 33.3 Å². The summed E-state index contributed by atoms with van der Waals surface area (Å²) in [5.41, 5.74) is -0.0905. The number of non-ortho nitro benzene ring substituents is 1. The number of nitro benzene ring substituents is 1. The Morgan fingerprint density at radius 1 is 1.14 bits per heavy atom. The minimum Gasteiger partial charge on any atom is -0.385 e. The number of nitro groups is 1. The van der Waals surface area contributed by atoms with E-state index in [0.717, 1.165) is 12.1 Å². The number of nitrogens with one attached hydrogen (secondary N) is 2. The number of ether oxygens (including phenoxy) is 2. The summed E-state index contributed by atoms with van der Waals surface area (Å²) < 4.78 is 43.2. The largest absolute Gasteiger partial charge is 0.385 e. The maximum atomic E-state index is 11.8. The molecule has 0 saturated heterocycles. The molecule has 16 heteroatoms. The molecule has 37 heavy (non-hydrogen) atoms. The molecule has 0 bridgehead atoms. The van der Waals surface area contributed by atoms with Gasteiger partial charge in [-0.3, -0.25) is 14.7 Å². The fraction of sp³-hybridized carbons (Fsp3) is 0.429. The van der Waals surface area contributed by atoms with Crippen LogP contribution in [0.2, 0.25) is 0 Å². The van der Waals surface area contributed by atoms with E-state index in [4.69, 9.17) is 9.47 Å². The second kappa shape index (κ2) is 15.5. The molecule has 0 aliphatic carbocycles. The van der Waals surface area contributed by atoms with Crippen LogP contribution in [-0.2, 0) is 19.6 Å². The van der Waals surface area contributed by atoms with Gasteiger partial charge in [0, 0.05) is 87.8 Å². The van der Waals surface area contributed by atoms with Crippen molar-refractivity contribution in [2.24, 2.45) is 10.2 Å². The smallest absolute Gasteiger partial charge is 0.297 e. The Labute approximate surface area is 236 Å². The van der Waals surface area contributed by atoms with Gasteiger partial charge in [-0.05, 0) is 25.8 Å². The molecular weight excluding hydrogens is 517 g/mol. The topological polar surface area (TPSA) is 201 Å². The molecule has 0 spiro atoms. The van der Waals surface area contributed by atoms with Crippen LogP contribution in [-0.4, -0.2) is 93.0 Å². The monoisotopic (exact) mass is 544 g/mol. The average molecular weight is 545 g/mol. The minimum absolute atomic E-state index is 0. The molecule has 2 rings (SSSR count). The third kappa shape index (κ3) is 9.27. The number of hydrogen-bond donors (Lipinski definition) is 3. The molecule has 2 aromatic rings. The number of pyridine rings is 1. The van der Waals surface area contributed by atoms with Crippen LogP contribution < -0.4 is 10.6 Å². The van der Waals surface area contributed by atoms with Gasteiger partial charge in [0.2, 0.25) is 0 Å². The van der Waals surface area contributed by atoms with E-state index in [9.17, 15) is 28.3 Å². The van der Waals surface area contributed by atoms with Gasteiger partial charge < -0.3 is 20.1 Å². The number of methoxy groups -OCH3 is 2. The SMILES string of the molecule is COCCCNc1nc(NCCCOC)c(N=Nc2ccc([N+](=O)[O-])cc2S(=O)(=O)O)c(C)c1C#N.[Na]. The first-order chi connectivity index (χ1) is 17.1. The van der Waals surface area contributed by atoms with Crippen molar-refractivity contribution < 1.29 is 27.4 Å². The molecule has 0 saturated carbocycles. The Bertz CT molecular complexity index is 1270. The van der Waals surface area contributed by atoms with Gasteiger partial charge in [-0.1, -0.05) is 0 Å². The number of rotatable bonds is 14. The Morgan fingerprint density at radius 2 is 1.73 bits per heavy atom. The van der Waals surface area contributed by atoms with Gasteiger partial charge in [-0.25, -0.2) is 4.98 Å². The summed E-state index contributed by atoms with van der Waals surface area (Å²) in [5.74, 6) is 0.601. The van der Waals surface area contributed by atoms with Crippen molar-refractivity contribution in [3.63, 3.8) is 0 Å². The molecule has 0 unspecified atom stereocenters. The molecule has 0 amide bonds. The summed E-state index contributed by atoms with van der Waals surface area (Å²) in [6.45, 7) is 3.59. The Hall–Kier alpha value is -2.71. The van der Waals surface area contributed by atoms with Crippen LogP contribution in [0.4, 0.5) is 28.7 Å². The van der Waals surface area contributed by atoms with Crippen LogP contribution in [0.3, 0.4) is 0 Å². The van der Waals surface area contributed by atoms with Gasteiger partial charge in [0.05, 0.1) is 10.5 Å². The molecule has 0 atom stereocenters. The van der Waals surface area contributed by atoms with Crippen molar-refractivity contribution in [3.05, 3.63) is 39.4 Å². The summed E-state index contributed by atoms with van der Waals surface area (Å²) in [4.78, 5) is 13.9. The van der Waals surface area contributed by atoms with Crippen molar-refractivity contribution in [3.8, 4) is 6.07 Å². The van der Waals surface area contributed by atoms with Gasteiger partial charge in [0.25, 0.3) is 15.8 Å². The van der Waals surface area contributed by atoms with Crippen molar-refractivity contribution in [1.29, 1.82) is 5.26 Å². The van der Waals surface area contributed by atoms with E-state index in [1.165, 1.54) is 0 Å². The molecule has 0 aliphatic rings. The molecule has 1 aromatic carbocycles. The van der Waals surface area contributed by atoms with E-state index in [1.54, 1.807) is 21.1 Å². The first-order valence-corrected chi connectivity index (χ1v) is 12.2. The minimum atomic E-state index is -4.85. The third-order valence-electron chi connectivity index (χ3n) is 4.85. The van der Waals surface area contributed by atoms with Crippen molar-refractivity contribution >= 4 is 68.4 Å². The molecule has 0 fully saturated rings. The first-order valence-electron chi connectivity index (χ1n) is 10.7. The summed E-state index contributed by atoms with van der Waals surface area (Å²) in [6, 6.07) is 4.86. The zero-order valence-corrected chi connectivity index (χ0v) is 23.8. The van der Waals surface area contributed by atoms with Crippen LogP contribution in [0.1, 0.15) is 24.0 Å². The zero-order chi connectivity index (χ0) is 26.7. The van der Waals surface area contributed by atoms with Gasteiger partial charge in [0.1, 0.15) is 28.2 Å². The van der Waals surface area contributed by atoms with Gasteiger partial charge >= 0.3 is 0 Å². The van der Waals surface area contributed by atoms with E-state index >= 15 is 0 Å². The maximum absolute atomic E-state index is 11.8. The Kier molecular flexibility index (Phi) is 13.6. The normalized spacial score (nSPS) is 11.1. The van der Waals surface area contributed by atoms with E-state index in [1.807, 2.05) is 0 Å². The Morgan fingerprint density at radius 3 is 2.24 bits per heavy atom. The maximum Gasteiger partial charge on any atom is 0.297 e. The van der Waals surface area contributed by atoms with E-state index in [0.29, 0.717) is 56.6 Å². The summed E-state index contributed by atoms with van der Waals surface area (Å²) in [6.07, 6.45) is 1.32. The number of anilines is 2. The van der Waals surface area contributed by atoms with E-state index in [2.05, 4.69) is 31.9 Å². The van der Waals surface area contributed by atoms with Crippen molar-refractivity contribution in [2.75, 3.05) is 51.2 Å². The van der Waals surface area contributed by atoms with Crippen molar-refractivity contribution in [2.45, 2.75) is 24.7 Å². The quantitative estimate of drug-likeness (QED) is 0.0786. The van der Waals surface area contributed by atoms with Gasteiger partial charge in [-0.2, -0.15) is 13.7 Å². The Balaban J connectivity index is 0.00000684. The number of azo groups is 1. The molecular formula is C21H27N7NaO7S. The van der Waals surface area contributed by atoms with E-state index < -0.39 is 25.6 Å². The third-order valence-corrected chi connectivity index (χ3v) is 5.73. The molecule has 1 aromatic heterocycles. The zero-order valence-electron chi connectivity index (χ0n) is 21.0. The second-order valence-electron chi connectivity index (χ2n) is 7.40. The number of benzene rings is 1. The summed E-state index contributed by atoms with van der Waals surface area (Å²) >= 11 is 0. The van der Waals surface area contributed by atoms with Crippen LogP contribution >= 0.6 is 0 Å². The molecule has 1 heterocycles. The molecule has 14 nitrogen and oxygen atoms in total. The molecule has 3 N–H and O–H groups in total. The summed E-state index contributed by atoms with van der Waals surface area (Å²) in [7, 11) is -1.69. The summed E-state index contributed by atoms with van der Waals surface area (Å²) in [5, 5.41) is 35.0. The second-order valence-corrected chi connectivity index (χ2v) is 8.79. The number of nitrogens with zero attached hydrogens (tertiary/aromatic N) is 5. The van der Waals surface area contributed by atoms with Crippen LogP contribution in [0.25, 0.3) is 0 Å². The number of nitriles is 1. The van der Waals surface area contributed by atoms with Gasteiger partial charge in [0.15, 0.2) is 5.82 Å². The predicted molar refractivity (Wildman–Crippen MR) is 136 cm³/mol. The fourth-order valence-electron chi connectivity index (χ4n) is 3.06. The van der Waals surface area contributed by atoms with Crippen molar-refractivity contribution in [1.82, 2.24) is 4.98 Å². The fourth-order valence-corrected chi connectivity index (χ4v) is 3.70. The number of aromatic nitrogens is 1. The standard InChI is InChI=1S/C21H27N7O7S.Na/c1-14-16(13-22)20(23-8-4-10-34-2)25-21(24-9-5-11-35-3)19(14)27-26-17-7-6-15(28(29)30)12-18(17)36(31,32)33;/h6-7,12H,4-5,8-11H2,1-3H3,(H2,23,24,25)(H,31,32,33);. The first kappa shape index (κ1) is 32.3. The van der Waals surface area contributed by atoms with Crippen LogP contribution in [0.5, 0.6) is 0 Å². The number of hydrogen-bond acceptors (Lipinski definition) is 12. The van der Waals surface area contributed by atoms with Gasteiger partial charge in [-0.15, -0.1) is 10.2 Å². The van der Waals surface area contributed by atoms with Crippen LogP contribution in [0, 0.1) is 28.4 Å². The molecule has 0 aliphatic heterocycles. The van der Waals surface area contributed by atoms with E-state index in [-0.39, 0.29) is 52.3 Å². The molecule has 195 valence electrons. The molecule has 1 radical (unpaired) electrons.